The normalized spacial score (nSPS) is 13.1. The molecule has 6 nitrogen and oxygen atoms in total. The van der Waals surface area contributed by atoms with Crippen molar-refractivity contribution in [3.05, 3.63) is 63.9 Å². The van der Waals surface area contributed by atoms with Crippen LogP contribution in [0.3, 0.4) is 0 Å². The second-order valence-corrected chi connectivity index (χ2v) is 8.66. The molecule has 0 bridgehead atoms. The number of anilines is 1. The van der Waals surface area contributed by atoms with Crippen LogP contribution >= 0.6 is 11.3 Å². The van der Waals surface area contributed by atoms with Crippen molar-refractivity contribution in [2.24, 2.45) is 0 Å². The number of hydrogen-bond donors (Lipinski definition) is 1. The van der Waals surface area contributed by atoms with E-state index in [0.29, 0.717) is 41.9 Å². The fraction of sp³-hybridized carbons (Fsp3) is 0.304. The van der Waals surface area contributed by atoms with Gasteiger partial charge >= 0.3 is 5.97 Å². The highest BCUT2D eigenvalue weighted by Gasteiger charge is 2.22. The Labute approximate surface area is 183 Å². The maximum atomic E-state index is 14.9. The minimum absolute atomic E-state index is 0.114. The minimum atomic E-state index is -0.801. The lowest BCUT2D eigenvalue weighted by atomic mass is 9.95. The number of aliphatic carboxylic acids is 1. The highest BCUT2D eigenvalue weighted by Crippen LogP contribution is 2.39. The van der Waals surface area contributed by atoms with Crippen LogP contribution in [-0.4, -0.2) is 29.7 Å². The van der Waals surface area contributed by atoms with Gasteiger partial charge in [-0.05, 0) is 36.5 Å². The van der Waals surface area contributed by atoms with Crippen molar-refractivity contribution >= 4 is 23.0 Å². The van der Waals surface area contributed by atoms with Crippen LogP contribution in [0.2, 0.25) is 0 Å². The van der Waals surface area contributed by atoms with Crippen LogP contribution in [0, 0.1) is 12.7 Å². The van der Waals surface area contributed by atoms with Gasteiger partial charge in [-0.1, -0.05) is 29.5 Å². The fourth-order valence-electron chi connectivity index (χ4n) is 3.70. The number of fused-ring (bicyclic) bond motifs is 1. The van der Waals surface area contributed by atoms with E-state index >= 15 is 0 Å². The van der Waals surface area contributed by atoms with Crippen LogP contribution in [0.25, 0.3) is 0 Å². The van der Waals surface area contributed by atoms with E-state index in [1.165, 1.54) is 30.1 Å². The number of aryl methyl sites for hydroxylation is 2. The van der Waals surface area contributed by atoms with Gasteiger partial charge in [-0.15, -0.1) is 0 Å². The molecule has 0 fully saturated rings. The SMILES string of the molecule is COc1cc(F)c(N2CCc3cc(CCC(=O)O)ccc3C2)cc1Oc1ncc(C)s1. The van der Waals surface area contributed by atoms with Crippen molar-refractivity contribution in [3.8, 4) is 16.7 Å². The summed E-state index contributed by atoms with van der Waals surface area (Å²) in [5.74, 6) is -0.441. The molecule has 4 rings (SSSR count). The summed E-state index contributed by atoms with van der Waals surface area (Å²) < 4.78 is 26.1. The zero-order valence-electron chi connectivity index (χ0n) is 17.4. The summed E-state index contributed by atoms with van der Waals surface area (Å²) in [5.41, 5.74) is 3.76. The van der Waals surface area contributed by atoms with Gasteiger partial charge in [0.25, 0.3) is 5.19 Å². The van der Waals surface area contributed by atoms with Crippen molar-refractivity contribution in [1.82, 2.24) is 4.98 Å². The summed E-state index contributed by atoms with van der Waals surface area (Å²) >= 11 is 1.41. The van der Waals surface area contributed by atoms with Gasteiger partial charge in [0.2, 0.25) is 0 Å². The van der Waals surface area contributed by atoms with Gasteiger partial charge in [0.05, 0.1) is 12.8 Å². The first-order chi connectivity index (χ1) is 14.9. The monoisotopic (exact) mass is 442 g/mol. The smallest absolute Gasteiger partial charge is 0.303 e. The summed E-state index contributed by atoms with van der Waals surface area (Å²) in [6.07, 6.45) is 3.10. The van der Waals surface area contributed by atoms with Crippen molar-refractivity contribution in [2.45, 2.75) is 32.7 Å². The Kier molecular flexibility index (Phi) is 6.08. The van der Waals surface area contributed by atoms with E-state index in [1.54, 1.807) is 12.3 Å². The number of thiazole rings is 1. The van der Waals surface area contributed by atoms with Crippen LogP contribution in [0.15, 0.2) is 36.5 Å². The average molecular weight is 443 g/mol. The molecule has 1 N–H and O–H groups in total. The van der Waals surface area contributed by atoms with E-state index in [2.05, 4.69) is 11.1 Å². The van der Waals surface area contributed by atoms with Gasteiger partial charge < -0.3 is 19.5 Å². The standard InChI is InChI=1S/C23H23FN2O4S/c1-14-12-25-23(31-14)30-21-11-19(18(24)10-20(21)29-2)26-8-7-16-9-15(4-6-22(27)28)3-5-17(16)13-26/h3,5,9-12H,4,6-8,13H2,1-2H3,(H,27,28). The summed E-state index contributed by atoms with van der Waals surface area (Å²) in [6.45, 7) is 3.15. The van der Waals surface area contributed by atoms with Gasteiger partial charge in [0.15, 0.2) is 11.5 Å². The first-order valence-electron chi connectivity index (χ1n) is 9.98. The molecule has 2 heterocycles. The molecule has 0 radical (unpaired) electrons. The molecule has 0 aliphatic carbocycles. The molecular formula is C23H23FN2O4S. The molecule has 3 aromatic rings. The maximum absolute atomic E-state index is 14.9. The number of methoxy groups -OCH3 is 1. The van der Waals surface area contributed by atoms with Crippen LogP contribution in [0.5, 0.6) is 16.7 Å². The van der Waals surface area contributed by atoms with Crippen LogP contribution in [0.4, 0.5) is 10.1 Å². The molecule has 1 aromatic heterocycles. The average Bonchev–Trinajstić information content (AvgIpc) is 3.17. The van der Waals surface area contributed by atoms with E-state index in [1.807, 2.05) is 24.0 Å². The van der Waals surface area contributed by atoms with Gasteiger partial charge in [-0.3, -0.25) is 4.79 Å². The predicted molar refractivity (Wildman–Crippen MR) is 117 cm³/mol. The molecule has 0 atom stereocenters. The number of aromatic nitrogens is 1. The largest absolute Gasteiger partial charge is 0.493 e. The van der Waals surface area contributed by atoms with Crippen molar-refractivity contribution in [3.63, 3.8) is 0 Å². The minimum Gasteiger partial charge on any atom is -0.493 e. The van der Waals surface area contributed by atoms with Crippen molar-refractivity contribution in [1.29, 1.82) is 0 Å². The number of ether oxygens (including phenoxy) is 2. The summed E-state index contributed by atoms with van der Waals surface area (Å²) in [7, 11) is 1.48. The Morgan fingerprint density at radius 3 is 2.81 bits per heavy atom. The first-order valence-corrected chi connectivity index (χ1v) is 10.8. The molecule has 162 valence electrons. The van der Waals surface area contributed by atoms with E-state index in [0.717, 1.165) is 22.4 Å². The Hall–Kier alpha value is -3.13. The second kappa shape index (κ2) is 8.93. The predicted octanol–water partition coefficient (Wildman–Crippen LogP) is 4.97. The third-order valence-corrected chi connectivity index (χ3v) is 6.07. The lowest BCUT2D eigenvalue weighted by Gasteiger charge is -2.31. The van der Waals surface area contributed by atoms with Gasteiger partial charge in [0.1, 0.15) is 5.82 Å². The van der Waals surface area contributed by atoms with Gasteiger partial charge in [0, 0.05) is 42.7 Å². The van der Waals surface area contributed by atoms with Crippen LogP contribution in [0.1, 0.15) is 28.0 Å². The van der Waals surface area contributed by atoms with Crippen LogP contribution in [-0.2, 0) is 24.2 Å². The molecular weight excluding hydrogens is 419 g/mol. The molecule has 0 spiro atoms. The van der Waals surface area contributed by atoms with E-state index in [9.17, 15) is 9.18 Å². The highest BCUT2D eigenvalue weighted by atomic mass is 32.1. The molecule has 1 aliphatic heterocycles. The summed E-state index contributed by atoms with van der Waals surface area (Å²) in [5, 5.41) is 9.37. The number of nitrogens with zero attached hydrogens (tertiary/aromatic N) is 2. The highest BCUT2D eigenvalue weighted by molar-refractivity contribution is 7.13. The molecule has 0 saturated carbocycles. The van der Waals surface area contributed by atoms with Gasteiger partial charge in [-0.2, -0.15) is 0 Å². The molecule has 0 saturated heterocycles. The quantitative estimate of drug-likeness (QED) is 0.557. The Morgan fingerprint density at radius 2 is 2.10 bits per heavy atom. The number of carboxylic acid groups (broad SMARTS) is 1. The van der Waals surface area contributed by atoms with E-state index in [-0.39, 0.29) is 12.2 Å². The van der Waals surface area contributed by atoms with E-state index < -0.39 is 5.97 Å². The number of carboxylic acids is 1. The zero-order chi connectivity index (χ0) is 22.0. The van der Waals surface area contributed by atoms with Crippen molar-refractivity contribution < 1.29 is 23.8 Å². The van der Waals surface area contributed by atoms with Gasteiger partial charge in [-0.25, -0.2) is 9.37 Å². The molecule has 0 unspecified atom stereocenters. The van der Waals surface area contributed by atoms with E-state index in [4.69, 9.17) is 14.6 Å². The van der Waals surface area contributed by atoms with Crippen LogP contribution < -0.4 is 14.4 Å². The Balaban J connectivity index is 1.57. The maximum Gasteiger partial charge on any atom is 0.303 e. The Bertz CT molecular complexity index is 1110. The summed E-state index contributed by atoms with van der Waals surface area (Å²) in [4.78, 5) is 18.0. The molecule has 31 heavy (non-hydrogen) atoms. The molecule has 2 aromatic carbocycles. The third-order valence-electron chi connectivity index (χ3n) is 5.28. The Morgan fingerprint density at radius 1 is 1.26 bits per heavy atom. The molecule has 0 amide bonds. The topological polar surface area (TPSA) is 71.9 Å². The molecule has 8 heteroatoms. The summed E-state index contributed by atoms with van der Waals surface area (Å²) in [6, 6.07) is 9.04. The third kappa shape index (κ3) is 4.80. The number of halogens is 1. The first kappa shape index (κ1) is 21.1. The lowest BCUT2D eigenvalue weighted by molar-refractivity contribution is -0.136. The number of carbonyl (C=O) groups is 1. The van der Waals surface area contributed by atoms with Crippen molar-refractivity contribution in [2.75, 3.05) is 18.6 Å². The zero-order valence-corrected chi connectivity index (χ0v) is 18.2. The number of hydrogen-bond acceptors (Lipinski definition) is 6. The number of rotatable bonds is 7. The fourth-order valence-corrected chi connectivity index (χ4v) is 4.32. The number of benzene rings is 2. The lowest BCUT2D eigenvalue weighted by Crippen LogP contribution is -2.31. The molecule has 1 aliphatic rings. The second-order valence-electron chi connectivity index (χ2n) is 7.46.